The van der Waals surface area contributed by atoms with E-state index in [0.29, 0.717) is 12.6 Å². The number of nitrogens with one attached hydrogen (secondary N) is 1. The lowest BCUT2D eigenvalue weighted by atomic mass is 10.1. The SMILES string of the molecule is COC(=O)C(Br)CNC1Cc2ccccc2C1. The van der Waals surface area contributed by atoms with E-state index in [1.54, 1.807) is 0 Å². The molecule has 1 aliphatic rings. The highest BCUT2D eigenvalue weighted by Gasteiger charge is 2.22. The van der Waals surface area contributed by atoms with Crippen LogP contribution in [0.3, 0.4) is 0 Å². The average Bonchev–Trinajstić information content (AvgIpc) is 2.77. The van der Waals surface area contributed by atoms with Crippen LogP contribution in [0.4, 0.5) is 0 Å². The standard InChI is InChI=1S/C13H16BrNO2/c1-17-13(16)12(14)8-15-11-6-9-4-2-3-5-10(9)7-11/h2-5,11-12,15H,6-8H2,1H3. The molecule has 1 atom stereocenters. The lowest BCUT2D eigenvalue weighted by Crippen LogP contribution is -2.37. The minimum Gasteiger partial charge on any atom is -0.468 e. The van der Waals surface area contributed by atoms with Gasteiger partial charge in [-0.25, -0.2) is 0 Å². The topological polar surface area (TPSA) is 38.3 Å². The molecule has 0 saturated carbocycles. The van der Waals surface area contributed by atoms with Crippen LogP contribution in [0.2, 0.25) is 0 Å². The van der Waals surface area contributed by atoms with E-state index in [2.05, 4.69) is 50.2 Å². The first-order chi connectivity index (χ1) is 8.20. The summed E-state index contributed by atoms with van der Waals surface area (Å²) in [5, 5.41) is 3.40. The summed E-state index contributed by atoms with van der Waals surface area (Å²) in [4.78, 5) is 11.0. The molecular weight excluding hydrogens is 282 g/mol. The van der Waals surface area contributed by atoms with Gasteiger partial charge in [0.1, 0.15) is 4.83 Å². The van der Waals surface area contributed by atoms with E-state index in [1.165, 1.54) is 18.2 Å². The number of alkyl halides is 1. The fourth-order valence-corrected chi connectivity index (χ4v) is 2.56. The number of benzene rings is 1. The van der Waals surface area contributed by atoms with Crippen LogP contribution in [0.5, 0.6) is 0 Å². The molecule has 0 fully saturated rings. The molecular formula is C13H16BrNO2. The van der Waals surface area contributed by atoms with Crippen molar-refractivity contribution in [3.8, 4) is 0 Å². The van der Waals surface area contributed by atoms with Crippen LogP contribution in [0.1, 0.15) is 11.1 Å². The summed E-state index contributed by atoms with van der Waals surface area (Å²) in [5.74, 6) is -0.229. The molecule has 0 amide bonds. The largest absolute Gasteiger partial charge is 0.468 e. The van der Waals surface area contributed by atoms with E-state index < -0.39 is 0 Å². The molecule has 1 aromatic carbocycles. The highest BCUT2D eigenvalue weighted by molar-refractivity contribution is 9.10. The van der Waals surface area contributed by atoms with Crippen molar-refractivity contribution in [1.82, 2.24) is 5.32 Å². The van der Waals surface area contributed by atoms with Gasteiger partial charge in [-0.2, -0.15) is 0 Å². The second-order valence-electron chi connectivity index (χ2n) is 4.27. The molecule has 1 aliphatic carbocycles. The normalized spacial score (nSPS) is 16.6. The highest BCUT2D eigenvalue weighted by atomic mass is 79.9. The smallest absolute Gasteiger partial charge is 0.320 e. The number of esters is 1. The molecule has 0 heterocycles. The number of carbonyl (C=O) groups excluding carboxylic acids is 1. The van der Waals surface area contributed by atoms with E-state index in [0.717, 1.165) is 12.8 Å². The maximum atomic E-state index is 11.2. The predicted molar refractivity (Wildman–Crippen MR) is 70.4 cm³/mol. The molecule has 1 aromatic rings. The van der Waals surface area contributed by atoms with Crippen LogP contribution >= 0.6 is 15.9 Å². The number of fused-ring (bicyclic) bond motifs is 1. The zero-order valence-corrected chi connectivity index (χ0v) is 11.4. The molecule has 3 nitrogen and oxygen atoms in total. The van der Waals surface area contributed by atoms with Crippen LogP contribution in [0.25, 0.3) is 0 Å². The van der Waals surface area contributed by atoms with E-state index >= 15 is 0 Å². The first-order valence-electron chi connectivity index (χ1n) is 5.72. The van der Waals surface area contributed by atoms with Gasteiger partial charge >= 0.3 is 5.97 Å². The number of ether oxygens (including phenoxy) is 1. The summed E-state index contributed by atoms with van der Waals surface area (Å²) in [6.45, 7) is 0.603. The van der Waals surface area contributed by atoms with Gasteiger partial charge in [0.15, 0.2) is 0 Å². The fraction of sp³-hybridized carbons (Fsp3) is 0.462. The van der Waals surface area contributed by atoms with Gasteiger partial charge in [0.25, 0.3) is 0 Å². The van der Waals surface area contributed by atoms with E-state index in [9.17, 15) is 4.79 Å². The van der Waals surface area contributed by atoms with Crippen molar-refractivity contribution in [2.45, 2.75) is 23.7 Å². The second kappa shape index (κ2) is 5.65. The number of rotatable bonds is 4. The minimum atomic E-state index is -0.267. The number of methoxy groups -OCH3 is 1. The number of halogens is 1. The van der Waals surface area contributed by atoms with E-state index in [4.69, 9.17) is 0 Å². The Labute approximate surface area is 110 Å². The van der Waals surface area contributed by atoms with Gasteiger partial charge in [-0.3, -0.25) is 4.79 Å². The van der Waals surface area contributed by atoms with Crippen molar-refractivity contribution in [1.29, 1.82) is 0 Å². The Morgan fingerprint density at radius 2 is 2.06 bits per heavy atom. The van der Waals surface area contributed by atoms with Crippen LogP contribution < -0.4 is 5.32 Å². The molecule has 92 valence electrons. The Kier molecular flexibility index (Phi) is 4.18. The summed E-state index contributed by atoms with van der Waals surface area (Å²) in [5.41, 5.74) is 2.82. The molecule has 0 aromatic heterocycles. The van der Waals surface area contributed by atoms with Gasteiger partial charge in [-0.1, -0.05) is 40.2 Å². The summed E-state index contributed by atoms with van der Waals surface area (Å²) in [6.07, 6.45) is 2.08. The van der Waals surface area contributed by atoms with Crippen LogP contribution in [-0.4, -0.2) is 30.5 Å². The number of carbonyl (C=O) groups is 1. The molecule has 2 rings (SSSR count). The van der Waals surface area contributed by atoms with Crippen molar-refractivity contribution < 1.29 is 9.53 Å². The molecule has 1 N–H and O–H groups in total. The Balaban J connectivity index is 1.82. The molecule has 17 heavy (non-hydrogen) atoms. The maximum Gasteiger partial charge on any atom is 0.320 e. The molecule has 0 aliphatic heterocycles. The Hall–Kier alpha value is -0.870. The molecule has 0 spiro atoms. The molecule has 1 unspecified atom stereocenters. The number of hydrogen-bond acceptors (Lipinski definition) is 3. The summed E-state index contributed by atoms with van der Waals surface area (Å²) >= 11 is 3.31. The van der Waals surface area contributed by atoms with Gasteiger partial charge in [0, 0.05) is 12.6 Å². The van der Waals surface area contributed by atoms with Gasteiger partial charge in [-0.05, 0) is 24.0 Å². The zero-order chi connectivity index (χ0) is 12.3. The highest BCUT2D eigenvalue weighted by Crippen LogP contribution is 2.21. The monoisotopic (exact) mass is 297 g/mol. The third-order valence-electron chi connectivity index (χ3n) is 3.09. The van der Waals surface area contributed by atoms with Crippen molar-refractivity contribution >= 4 is 21.9 Å². The Morgan fingerprint density at radius 1 is 1.47 bits per heavy atom. The van der Waals surface area contributed by atoms with E-state index in [-0.39, 0.29) is 10.8 Å². The first kappa shape index (κ1) is 12.6. The fourth-order valence-electron chi connectivity index (χ4n) is 2.18. The quantitative estimate of drug-likeness (QED) is 0.679. The van der Waals surface area contributed by atoms with Crippen LogP contribution in [-0.2, 0) is 22.4 Å². The summed E-state index contributed by atoms with van der Waals surface area (Å²) < 4.78 is 4.66. The summed E-state index contributed by atoms with van der Waals surface area (Å²) in [6, 6.07) is 8.91. The zero-order valence-electron chi connectivity index (χ0n) is 9.78. The van der Waals surface area contributed by atoms with Gasteiger partial charge in [0.2, 0.25) is 0 Å². The molecule has 0 bridgehead atoms. The lowest BCUT2D eigenvalue weighted by Gasteiger charge is -2.14. The molecule has 4 heteroatoms. The van der Waals surface area contributed by atoms with Crippen molar-refractivity contribution in [3.63, 3.8) is 0 Å². The van der Waals surface area contributed by atoms with E-state index in [1.807, 2.05) is 0 Å². The maximum absolute atomic E-state index is 11.2. The number of hydrogen-bond donors (Lipinski definition) is 1. The van der Waals surface area contributed by atoms with Crippen LogP contribution in [0.15, 0.2) is 24.3 Å². The van der Waals surface area contributed by atoms with Crippen molar-refractivity contribution in [3.05, 3.63) is 35.4 Å². The third kappa shape index (κ3) is 3.07. The third-order valence-corrected chi connectivity index (χ3v) is 3.79. The van der Waals surface area contributed by atoms with Crippen molar-refractivity contribution in [2.24, 2.45) is 0 Å². The second-order valence-corrected chi connectivity index (χ2v) is 5.38. The van der Waals surface area contributed by atoms with Gasteiger partial charge in [0.05, 0.1) is 7.11 Å². The Bertz CT molecular complexity index is 383. The molecule has 0 radical (unpaired) electrons. The van der Waals surface area contributed by atoms with Crippen LogP contribution in [0, 0.1) is 0 Å². The van der Waals surface area contributed by atoms with Crippen molar-refractivity contribution in [2.75, 3.05) is 13.7 Å². The Morgan fingerprint density at radius 3 is 2.59 bits per heavy atom. The lowest BCUT2D eigenvalue weighted by molar-refractivity contribution is -0.139. The van der Waals surface area contributed by atoms with Gasteiger partial charge in [-0.15, -0.1) is 0 Å². The summed E-state index contributed by atoms with van der Waals surface area (Å²) in [7, 11) is 1.40. The first-order valence-corrected chi connectivity index (χ1v) is 6.64. The average molecular weight is 298 g/mol. The predicted octanol–water partition coefficient (Wildman–Crippen LogP) is 1.68. The van der Waals surface area contributed by atoms with Gasteiger partial charge < -0.3 is 10.1 Å². The minimum absolute atomic E-state index is 0.229. The molecule has 0 saturated heterocycles.